The quantitative estimate of drug-likeness (QED) is 0.707. The van der Waals surface area contributed by atoms with E-state index in [1.54, 1.807) is 0 Å². The molecule has 3 nitrogen and oxygen atoms in total. The van der Waals surface area contributed by atoms with Crippen LogP contribution in [-0.4, -0.2) is 5.78 Å². The molecule has 0 aromatic heterocycles. The molecule has 3 aliphatic rings. The lowest BCUT2D eigenvalue weighted by Crippen LogP contribution is -2.44. The zero-order valence-corrected chi connectivity index (χ0v) is 16.9. The van der Waals surface area contributed by atoms with Crippen LogP contribution < -0.4 is 4.74 Å². The molecule has 29 heavy (non-hydrogen) atoms. The number of ether oxygens (including phenoxy) is 1. The van der Waals surface area contributed by atoms with Crippen molar-refractivity contribution in [3.05, 3.63) is 65.2 Å². The van der Waals surface area contributed by atoms with Crippen LogP contribution in [-0.2, 0) is 17.8 Å². The van der Waals surface area contributed by atoms with Crippen LogP contribution in [0.2, 0.25) is 0 Å². The van der Waals surface area contributed by atoms with E-state index in [1.165, 1.54) is 16.7 Å². The van der Waals surface area contributed by atoms with Crippen LogP contribution in [0.1, 0.15) is 55.2 Å². The molecule has 0 spiro atoms. The molecule has 0 radical (unpaired) electrons. The summed E-state index contributed by atoms with van der Waals surface area (Å²) in [5.74, 6) is 2.30. The Morgan fingerprint density at radius 2 is 2.00 bits per heavy atom. The summed E-state index contributed by atoms with van der Waals surface area (Å²) in [5.41, 5.74) is 3.70. The first-order valence-electron chi connectivity index (χ1n) is 10.8. The van der Waals surface area contributed by atoms with Crippen molar-refractivity contribution in [3.8, 4) is 11.8 Å². The number of Topliss-reactive ketones (excluding diaryl/α,β-unsaturated/α-hetero) is 1. The van der Waals surface area contributed by atoms with Gasteiger partial charge in [-0.2, -0.15) is 5.26 Å². The van der Waals surface area contributed by atoms with E-state index >= 15 is 0 Å². The molecule has 0 aliphatic heterocycles. The van der Waals surface area contributed by atoms with Crippen LogP contribution >= 0.6 is 0 Å². The van der Waals surface area contributed by atoms with Gasteiger partial charge in [-0.25, -0.2) is 0 Å². The van der Waals surface area contributed by atoms with Crippen LogP contribution in [0.4, 0.5) is 0 Å². The summed E-state index contributed by atoms with van der Waals surface area (Å²) in [5, 5.41) is 9.69. The van der Waals surface area contributed by atoms with Crippen molar-refractivity contribution in [3.63, 3.8) is 0 Å². The Balaban J connectivity index is 1.38. The van der Waals surface area contributed by atoms with E-state index in [0.717, 1.165) is 31.4 Å². The molecule has 5 atom stereocenters. The van der Waals surface area contributed by atoms with Gasteiger partial charge in [-0.05, 0) is 72.3 Å². The van der Waals surface area contributed by atoms with E-state index in [9.17, 15) is 10.1 Å². The molecule has 0 unspecified atom stereocenters. The van der Waals surface area contributed by atoms with Crippen molar-refractivity contribution in [2.45, 2.75) is 51.6 Å². The number of hydrogen-bond donors (Lipinski definition) is 0. The minimum atomic E-state index is -0.280. The largest absolute Gasteiger partial charge is 0.489 e. The summed E-state index contributed by atoms with van der Waals surface area (Å²) < 4.78 is 6.04. The standard InChI is InChI=1S/C26H27NO2/c1-26-12-11-22-21-10-8-20(29-16-17-5-3-2-4-6-17)13-18(21)7-9-23(22)25(26)19(15-27)14-24(26)28/h2-6,8,10,13,19,22-23,25H,7,9,11-12,14,16H2,1H3/t19-,22-,23-,25+,26-/m1/s1. The number of ketones is 1. The third kappa shape index (κ3) is 2.97. The van der Waals surface area contributed by atoms with Crippen LogP contribution in [0, 0.1) is 34.5 Å². The van der Waals surface area contributed by atoms with Crippen LogP contribution in [0.5, 0.6) is 5.75 Å². The third-order valence-electron chi connectivity index (χ3n) is 7.84. The fraction of sp³-hybridized carbons (Fsp3) is 0.462. The predicted molar refractivity (Wildman–Crippen MR) is 111 cm³/mol. The van der Waals surface area contributed by atoms with E-state index in [1.807, 2.05) is 18.2 Å². The van der Waals surface area contributed by atoms with E-state index in [0.29, 0.717) is 30.6 Å². The molecule has 0 saturated heterocycles. The fourth-order valence-corrected chi connectivity index (χ4v) is 6.39. The van der Waals surface area contributed by atoms with Gasteiger partial charge in [0, 0.05) is 11.8 Å². The minimum absolute atomic E-state index is 0.102. The van der Waals surface area contributed by atoms with Crippen molar-refractivity contribution in [2.24, 2.45) is 23.2 Å². The average Bonchev–Trinajstić information content (AvgIpc) is 3.03. The molecule has 5 rings (SSSR count). The van der Waals surface area contributed by atoms with E-state index in [4.69, 9.17) is 4.74 Å². The zero-order chi connectivity index (χ0) is 20.0. The Morgan fingerprint density at radius 1 is 1.17 bits per heavy atom. The van der Waals surface area contributed by atoms with E-state index in [2.05, 4.69) is 43.3 Å². The van der Waals surface area contributed by atoms with Gasteiger partial charge in [0.25, 0.3) is 0 Å². The maximum atomic E-state index is 12.7. The molecule has 3 heteroatoms. The number of aryl methyl sites for hydroxylation is 1. The summed E-state index contributed by atoms with van der Waals surface area (Å²) >= 11 is 0. The molecule has 0 amide bonds. The number of carbonyl (C=O) groups is 1. The van der Waals surface area contributed by atoms with Crippen LogP contribution in [0.15, 0.2) is 48.5 Å². The average molecular weight is 386 g/mol. The van der Waals surface area contributed by atoms with Gasteiger partial charge in [0.15, 0.2) is 0 Å². The van der Waals surface area contributed by atoms with Gasteiger partial charge in [-0.1, -0.05) is 43.3 Å². The Hall–Kier alpha value is -2.60. The normalized spacial score (nSPS) is 32.6. The molecule has 2 saturated carbocycles. The SMILES string of the molecule is C[C@]12CC[C@@H]3c4ccc(OCc5ccccc5)cc4CC[C@H]3[C@@H]1[C@@H](C#N)CC2=O. The van der Waals surface area contributed by atoms with E-state index < -0.39 is 0 Å². The van der Waals surface area contributed by atoms with Gasteiger partial charge < -0.3 is 4.74 Å². The van der Waals surface area contributed by atoms with Gasteiger partial charge in [-0.15, -0.1) is 0 Å². The highest BCUT2D eigenvalue weighted by Crippen LogP contribution is 2.61. The fourth-order valence-electron chi connectivity index (χ4n) is 6.39. The Kier molecular flexibility index (Phi) is 4.46. The second-order valence-corrected chi connectivity index (χ2v) is 9.29. The van der Waals surface area contributed by atoms with Gasteiger partial charge in [0.05, 0.1) is 12.0 Å². The second-order valence-electron chi connectivity index (χ2n) is 9.29. The zero-order valence-electron chi connectivity index (χ0n) is 16.9. The minimum Gasteiger partial charge on any atom is -0.489 e. The number of benzene rings is 2. The van der Waals surface area contributed by atoms with Gasteiger partial charge in [-0.3, -0.25) is 4.79 Å². The molecule has 3 aliphatic carbocycles. The van der Waals surface area contributed by atoms with Crippen LogP contribution in [0.25, 0.3) is 0 Å². The molecule has 0 N–H and O–H groups in total. The maximum Gasteiger partial charge on any atom is 0.140 e. The molecule has 2 aromatic rings. The summed E-state index contributed by atoms with van der Waals surface area (Å²) in [6.45, 7) is 2.71. The molecule has 0 heterocycles. The predicted octanol–water partition coefficient (Wildman–Crippen LogP) is 5.44. The number of fused-ring (bicyclic) bond motifs is 5. The molecule has 148 valence electrons. The van der Waals surface area contributed by atoms with Gasteiger partial charge in [0.2, 0.25) is 0 Å². The lowest BCUT2D eigenvalue weighted by molar-refractivity contribution is -0.129. The Bertz CT molecular complexity index is 976. The first-order valence-corrected chi connectivity index (χ1v) is 10.8. The molecule has 0 bridgehead atoms. The number of nitriles is 1. The van der Waals surface area contributed by atoms with Gasteiger partial charge in [0.1, 0.15) is 18.1 Å². The maximum absolute atomic E-state index is 12.7. The first kappa shape index (κ1) is 18.4. The number of carbonyl (C=O) groups excluding carboxylic acids is 1. The van der Waals surface area contributed by atoms with Crippen molar-refractivity contribution in [1.29, 1.82) is 5.26 Å². The first-order chi connectivity index (χ1) is 14.1. The van der Waals surface area contributed by atoms with E-state index in [-0.39, 0.29) is 17.3 Å². The van der Waals surface area contributed by atoms with Crippen molar-refractivity contribution < 1.29 is 9.53 Å². The highest BCUT2D eigenvalue weighted by atomic mass is 16.5. The lowest BCUT2D eigenvalue weighted by Gasteiger charge is -2.49. The number of nitrogens with zero attached hydrogens (tertiary/aromatic N) is 1. The van der Waals surface area contributed by atoms with Crippen LogP contribution in [0.3, 0.4) is 0 Å². The third-order valence-corrected chi connectivity index (χ3v) is 7.84. The lowest BCUT2D eigenvalue weighted by atomic mass is 9.54. The molecule has 2 fully saturated rings. The monoisotopic (exact) mass is 385 g/mol. The summed E-state index contributed by atoms with van der Waals surface area (Å²) in [4.78, 5) is 12.7. The van der Waals surface area contributed by atoms with Gasteiger partial charge >= 0.3 is 0 Å². The highest BCUT2D eigenvalue weighted by Gasteiger charge is 2.58. The molecular weight excluding hydrogens is 358 g/mol. The number of rotatable bonds is 3. The molecular formula is C26H27NO2. The Morgan fingerprint density at radius 3 is 2.79 bits per heavy atom. The second kappa shape index (κ2) is 7.02. The van der Waals surface area contributed by atoms with Crippen molar-refractivity contribution in [1.82, 2.24) is 0 Å². The number of hydrogen-bond acceptors (Lipinski definition) is 3. The smallest absolute Gasteiger partial charge is 0.140 e. The summed E-state index contributed by atoms with van der Waals surface area (Å²) in [6, 6.07) is 19.3. The Labute approximate surface area is 172 Å². The topological polar surface area (TPSA) is 50.1 Å². The summed E-state index contributed by atoms with van der Waals surface area (Å²) in [6.07, 6.45) is 4.52. The van der Waals surface area contributed by atoms with Crippen molar-refractivity contribution in [2.75, 3.05) is 0 Å². The molecule has 2 aromatic carbocycles. The summed E-state index contributed by atoms with van der Waals surface area (Å²) in [7, 11) is 0. The highest BCUT2D eigenvalue weighted by molar-refractivity contribution is 5.88. The van der Waals surface area contributed by atoms with Crippen molar-refractivity contribution >= 4 is 5.78 Å².